The van der Waals surface area contributed by atoms with E-state index >= 15 is 0 Å². The third-order valence-corrected chi connectivity index (χ3v) is 3.17. The lowest BCUT2D eigenvalue weighted by molar-refractivity contribution is 0.102. The average molecular weight is 266 g/mol. The summed E-state index contributed by atoms with van der Waals surface area (Å²) in [5.41, 5.74) is 2.57. The third kappa shape index (κ3) is 2.25. The van der Waals surface area contributed by atoms with Crippen molar-refractivity contribution in [2.24, 2.45) is 7.05 Å². The van der Waals surface area contributed by atoms with Gasteiger partial charge < -0.3 is 5.32 Å². The highest BCUT2D eigenvalue weighted by Gasteiger charge is 2.09. The monoisotopic (exact) mass is 266 g/mol. The first kappa shape index (κ1) is 12.3. The molecule has 0 bridgehead atoms. The number of aryl methyl sites for hydroxylation is 2. The molecule has 1 aromatic carbocycles. The van der Waals surface area contributed by atoms with Crippen LogP contribution in [0.25, 0.3) is 10.9 Å². The minimum Gasteiger partial charge on any atom is -0.307 e. The maximum absolute atomic E-state index is 12.2. The van der Waals surface area contributed by atoms with Gasteiger partial charge in [-0.25, -0.2) is 4.98 Å². The molecule has 0 aliphatic rings. The van der Waals surface area contributed by atoms with E-state index in [0.29, 0.717) is 11.4 Å². The number of aromatic nitrogens is 3. The van der Waals surface area contributed by atoms with Gasteiger partial charge in [-0.2, -0.15) is 5.10 Å². The summed E-state index contributed by atoms with van der Waals surface area (Å²) in [6, 6.07) is 9.22. The number of amides is 1. The van der Waals surface area contributed by atoms with Crippen molar-refractivity contribution in [1.29, 1.82) is 0 Å². The van der Waals surface area contributed by atoms with Crippen molar-refractivity contribution in [3.63, 3.8) is 0 Å². The summed E-state index contributed by atoms with van der Waals surface area (Å²) >= 11 is 0. The predicted molar refractivity (Wildman–Crippen MR) is 77.6 cm³/mol. The van der Waals surface area contributed by atoms with Gasteiger partial charge in [0, 0.05) is 24.2 Å². The molecule has 0 spiro atoms. The minimum atomic E-state index is -0.175. The molecule has 2 aromatic heterocycles. The number of carbonyl (C=O) groups is 1. The molecular weight excluding hydrogens is 252 g/mol. The van der Waals surface area contributed by atoms with Crippen LogP contribution in [-0.2, 0) is 7.05 Å². The molecule has 5 heteroatoms. The Morgan fingerprint density at radius 2 is 2.10 bits per heavy atom. The summed E-state index contributed by atoms with van der Waals surface area (Å²) < 4.78 is 1.75. The van der Waals surface area contributed by atoms with Gasteiger partial charge in [0.2, 0.25) is 0 Å². The molecule has 2 heterocycles. The van der Waals surface area contributed by atoms with Crippen LogP contribution in [0.5, 0.6) is 0 Å². The number of carbonyl (C=O) groups excluding carboxylic acids is 1. The van der Waals surface area contributed by atoms with Gasteiger partial charge in [0.1, 0.15) is 5.82 Å². The van der Waals surface area contributed by atoms with E-state index in [1.165, 1.54) is 0 Å². The van der Waals surface area contributed by atoms with Crippen molar-refractivity contribution in [1.82, 2.24) is 14.8 Å². The Bertz CT molecular complexity index is 791. The molecule has 0 atom stereocenters. The Labute approximate surface area is 116 Å². The first-order valence-corrected chi connectivity index (χ1v) is 6.29. The van der Waals surface area contributed by atoms with E-state index in [1.807, 2.05) is 38.2 Å². The van der Waals surface area contributed by atoms with Crippen LogP contribution in [0.3, 0.4) is 0 Å². The second-order valence-electron chi connectivity index (χ2n) is 4.71. The number of fused-ring (bicyclic) bond motifs is 1. The van der Waals surface area contributed by atoms with Gasteiger partial charge in [0.05, 0.1) is 11.7 Å². The number of nitrogens with zero attached hydrogens (tertiary/aromatic N) is 3. The molecule has 0 unspecified atom stereocenters. The molecule has 0 fully saturated rings. The number of nitrogens with one attached hydrogen (secondary N) is 1. The summed E-state index contributed by atoms with van der Waals surface area (Å²) in [5, 5.41) is 7.97. The molecule has 0 aliphatic heterocycles. The maximum Gasteiger partial charge on any atom is 0.256 e. The summed E-state index contributed by atoms with van der Waals surface area (Å²) in [6.07, 6.45) is 3.45. The predicted octanol–water partition coefficient (Wildman–Crippen LogP) is 2.53. The fraction of sp³-hybridized carbons (Fsp3) is 0.133. The fourth-order valence-corrected chi connectivity index (χ4v) is 2.08. The van der Waals surface area contributed by atoms with Crippen molar-refractivity contribution >= 4 is 22.6 Å². The van der Waals surface area contributed by atoms with E-state index in [9.17, 15) is 4.79 Å². The number of anilines is 1. The average Bonchev–Trinajstić information content (AvgIpc) is 2.80. The highest BCUT2D eigenvalue weighted by Crippen LogP contribution is 2.16. The SMILES string of the molecule is Cc1ccnc(NC(=O)c2ccc3cnn(C)c3c2)c1. The minimum absolute atomic E-state index is 0.175. The van der Waals surface area contributed by atoms with Crippen molar-refractivity contribution in [3.8, 4) is 0 Å². The summed E-state index contributed by atoms with van der Waals surface area (Å²) in [5.74, 6) is 0.381. The van der Waals surface area contributed by atoms with Crippen LogP contribution in [0.4, 0.5) is 5.82 Å². The van der Waals surface area contributed by atoms with E-state index in [0.717, 1.165) is 16.5 Å². The second kappa shape index (κ2) is 4.77. The summed E-state index contributed by atoms with van der Waals surface area (Å²) in [4.78, 5) is 16.3. The molecule has 0 aliphatic carbocycles. The molecule has 1 N–H and O–H groups in total. The molecule has 5 nitrogen and oxygen atoms in total. The Morgan fingerprint density at radius 1 is 1.25 bits per heavy atom. The zero-order valence-electron chi connectivity index (χ0n) is 11.3. The standard InChI is InChI=1S/C15H14N4O/c1-10-5-6-16-14(7-10)18-15(20)11-3-4-12-9-17-19(2)13(12)8-11/h3-9H,1-2H3,(H,16,18,20). The lowest BCUT2D eigenvalue weighted by Crippen LogP contribution is -2.13. The van der Waals surface area contributed by atoms with E-state index in [4.69, 9.17) is 0 Å². The number of hydrogen-bond acceptors (Lipinski definition) is 3. The molecular formula is C15H14N4O. The van der Waals surface area contributed by atoms with Crippen molar-refractivity contribution in [2.75, 3.05) is 5.32 Å². The molecule has 100 valence electrons. The number of rotatable bonds is 2. The topological polar surface area (TPSA) is 59.8 Å². The molecule has 1 amide bonds. The lowest BCUT2D eigenvalue weighted by Gasteiger charge is -2.05. The normalized spacial score (nSPS) is 10.7. The van der Waals surface area contributed by atoms with Gasteiger partial charge in [-0.05, 0) is 36.8 Å². The van der Waals surface area contributed by atoms with Crippen LogP contribution in [-0.4, -0.2) is 20.7 Å². The van der Waals surface area contributed by atoms with Gasteiger partial charge in [-0.1, -0.05) is 6.07 Å². The zero-order chi connectivity index (χ0) is 14.1. The van der Waals surface area contributed by atoms with Crippen LogP contribution < -0.4 is 5.32 Å². The molecule has 3 rings (SSSR count). The molecule has 20 heavy (non-hydrogen) atoms. The highest BCUT2D eigenvalue weighted by molar-refractivity contribution is 6.05. The van der Waals surface area contributed by atoms with Crippen molar-refractivity contribution in [2.45, 2.75) is 6.92 Å². The van der Waals surface area contributed by atoms with Gasteiger partial charge in [0.25, 0.3) is 5.91 Å². The smallest absolute Gasteiger partial charge is 0.256 e. The Hall–Kier alpha value is -2.69. The Kier molecular flexibility index (Phi) is 2.95. The van der Waals surface area contributed by atoms with Crippen molar-refractivity contribution < 1.29 is 4.79 Å². The van der Waals surface area contributed by atoms with Gasteiger partial charge in [-0.3, -0.25) is 9.48 Å². The lowest BCUT2D eigenvalue weighted by atomic mass is 10.1. The zero-order valence-corrected chi connectivity index (χ0v) is 11.3. The third-order valence-electron chi connectivity index (χ3n) is 3.17. The van der Waals surface area contributed by atoms with Gasteiger partial charge in [-0.15, -0.1) is 0 Å². The van der Waals surface area contributed by atoms with Crippen LogP contribution in [0, 0.1) is 6.92 Å². The molecule has 0 radical (unpaired) electrons. The van der Waals surface area contributed by atoms with E-state index in [1.54, 1.807) is 23.1 Å². The molecule has 0 saturated carbocycles. The second-order valence-corrected chi connectivity index (χ2v) is 4.71. The van der Waals surface area contributed by atoms with E-state index < -0.39 is 0 Å². The quantitative estimate of drug-likeness (QED) is 0.775. The highest BCUT2D eigenvalue weighted by atomic mass is 16.1. The van der Waals surface area contributed by atoms with Crippen LogP contribution in [0.2, 0.25) is 0 Å². The van der Waals surface area contributed by atoms with Crippen LogP contribution in [0.15, 0.2) is 42.7 Å². The number of benzene rings is 1. The summed E-state index contributed by atoms with van der Waals surface area (Å²) in [7, 11) is 1.85. The van der Waals surface area contributed by atoms with Crippen LogP contribution in [0.1, 0.15) is 15.9 Å². The molecule has 0 saturated heterocycles. The number of hydrogen-bond donors (Lipinski definition) is 1. The summed E-state index contributed by atoms with van der Waals surface area (Å²) in [6.45, 7) is 1.96. The number of pyridine rings is 1. The Morgan fingerprint density at radius 3 is 2.90 bits per heavy atom. The van der Waals surface area contributed by atoms with Crippen LogP contribution >= 0.6 is 0 Å². The van der Waals surface area contributed by atoms with E-state index in [2.05, 4.69) is 15.4 Å². The van der Waals surface area contributed by atoms with Gasteiger partial charge in [0.15, 0.2) is 0 Å². The van der Waals surface area contributed by atoms with Gasteiger partial charge >= 0.3 is 0 Å². The van der Waals surface area contributed by atoms with E-state index in [-0.39, 0.29) is 5.91 Å². The largest absolute Gasteiger partial charge is 0.307 e. The van der Waals surface area contributed by atoms with Crippen molar-refractivity contribution in [3.05, 3.63) is 53.9 Å². The molecule has 3 aromatic rings. The fourth-order valence-electron chi connectivity index (χ4n) is 2.08. The first-order valence-electron chi connectivity index (χ1n) is 6.29. The Balaban J connectivity index is 1.90. The maximum atomic E-state index is 12.2. The first-order chi connectivity index (χ1) is 9.63.